The molecule has 0 radical (unpaired) electrons. The summed E-state index contributed by atoms with van der Waals surface area (Å²) in [5.74, 6) is -0.748. The molecule has 3 aliphatic rings. The predicted molar refractivity (Wildman–Crippen MR) is 111 cm³/mol. The zero-order valence-electron chi connectivity index (χ0n) is 18.6. The van der Waals surface area contributed by atoms with Gasteiger partial charge in [-0.25, -0.2) is 0 Å². The van der Waals surface area contributed by atoms with Crippen molar-refractivity contribution in [3.8, 4) is 0 Å². The standard InChI is InChI=1S/C22H38O5Si/c1-19(2,3)28(6,7)27-18-12-16(20(4,5)24)13-21(15-23)8-9-22(14-17(18)21)25-10-11-26-22/h8-9,15-18,24H,10-14H2,1-7H3/t16-,17-,18+,21+/m1/s1. The summed E-state index contributed by atoms with van der Waals surface area (Å²) in [5.41, 5.74) is -1.50. The Hall–Kier alpha value is -0.533. The van der Waals surface area contributed by atoms with Gasteiger partial charge >= 0.3 is 0 Å². The van der Waals surface area contributed by atoms with Crippen LogP contribution in [0.15, 0.2) is 12.2 Å². The van der Waals surface area contributed by atoms with Crippen molar-refractivity contribution in [2.75, 3.05) is 13.2 Å². The molecule has 1 spiro atoms. The zero-order valence-corrected chi connectivity index (χ0v) is 19.6. The molecule has 0 amide bonds. The molecule has 28 heavy (non-hydrogen) atoms. The molecule has 160 valence electrons. The van der Waals surface area contributed by atoms with Gasteiger partial charge < -0.3 is 23.8 Å². The third-order valence-corrected chi connectivity index (χ3v) is 12.2. The van der Waals surface area contributed by atoms with Gasteiger partial charge in [-0.3, -0.25) is 0 Å². The van der Waals surface area contributed by atoms with Gasteiger partial charge in [-0.2, -0.15) is 0 Å². The number of carbonyl (C=O) groups excluding carboxylic acids is 1. The van der Waals surface area contributed by atoms with E-state index in [-0.39, 0.29) is 23.0 Å². The zero-order chi connectivity index (χ0) is 21.0. The van der Waals surface area contributed by atoms with E-state index in [1.54, 1.807) is 0 Å². The molecule has 0 aromatic heterocycles. The Morgan fingerprint density at radius 1 is 1.11 bits per heavy atom. The quantitative estimate of drug-likeness (QED) is 0.430. The van der Waals surface area contributed by atoms with E-state index in [0.717, 1.165) is 12.7 Å². The predicted octanol–water partition coefficient (Wildman–Crippen LogP) is 4.06. The first-order valence-corrected chi connectivity index (χ1v) is 13.5. The van der Waals surface area contributed by atoms with E-state index in [0.29, 0.717) is 26.1 Å². The highest BCUT2D eigenvalue weighted by atomic mass is 28.4. The Bertz CT molecular complexity index is 624. The molecule has 1 N–H and O–H groups in total. The van der Waals surface area contributed by atoms with Crippen LogP contribution in [0.3, 0.4) is 0 Å². The third-order valence-electron chi connectivity index (χ3n) is 7.65. The highest BCUT2D eigenvalue weighted by Gasteiger charge is 2.57. The van der Waals surface area contributed by atoms with Gasteiger partial charge in [0.05, 0.1) is 18.8 Å². The summed E-state index contributed by atoms with van der Waals surface area (Å²) in [6, 6.07) is 0. The average molecular weight is 411 g/mol. The van der Waals surface area contributed by atoms with E-state index < -0.39 is 25.1 Å². The lowest BCUT2D eigenvalue weighted by Gasteiger charge is -2.55. The fourth-order valence-electron chi connectivity index (χ4n) is 4.71. The molecular weight excluding hydrogens is 372 g/mol. The van der Waals surface area contributed by atoms with Crippen LogP contribution in [0, 0.1) is 17.3 Å². The molecule has 5 nitrogen and oxygen atoms in total. The van der Waals surface area contributed by atoms with Gasteiger partial charge in [0.25, 0.3) is 0 Å². The fraction of sp³-hybridized carbons (Fsp3) is 0.864. The molecule has 3 rings (SSSR count). The van der Waals surface area contributed by atoms with E-state index in [1.807, 2.05) is 26.0 Å². The minimum Gasteiger partial charge on any atom is -0.414 e. The summed E-state index contributed by atoms with van der Waals surface area (Å²) in [7, 11) is -2.06. The van der Waals surface area contributed by atoms with E-state index in [1.165, 1.54) is 0 Å². The minimum atomic E-state index is -2.06. The summed E-state index contributed by atoms with van der Waals surface area (Å²) < 4.78 is 18.8. The lowest BCUT2D eigenvalue weighted by atomic mass is 9.56. The number of hydrogen-bond donors (Lipinski definition) is 1. The Morgan fingerprint density at radius 2 is 1.71 bits per heavy atom. The van der Waals surface area contributed by atoms with Gasteiger partial charge in [0.1, 0.15) is 6.29 Å². The second kappa shape index (κ2) is 7.01. The fourth-order valence-corrected chi connectivity index (χ4v) is 6.08. The van der Waals surface area contributed by atoms with Crippen molar-refractivity contribution in [2.45, 2.75) is 89.5 Å². The van der Waals surface area contributed by atoms with Gasteiger partial charge in [0.2, 0.25) is 0 Å². The molecule has 2 aliphatic carbocycles. The first-order valence-electron chi connectivity index (χ1n) is 10.6. The number of allylic oxidation sites excluding steroid dienone is 1. The van der Waals surface area contributed by atoms with Crippen LogP contribution in [0.2, 0.25) is 18.1 Å². The lowest BCUT2D eigenvalue weighted by molar-refractivity contribution is -0.174. The van der Waals surface area contributed by atoms with Gasteiger partial charge in [-0.15, -0.1) is 0 Å². The van der Waals surface area contributed by atoms with Gasteiger partial charge in [-0.05, 0) is 56.8 Å². The SMILES string of the molecule is CC(C)(O)[C@@H]1C[C@H](O[Si](C)(C)C(C)(C)C)[C@H]2CC3(C=C[C@@]2(C=O)C1)OCCO3. The maximum atomic E-state index is 12.4. The molecule has 2 fully saturated rings. The van der Waals surface area contributed by atoms with Gasteiger partial charge in [0.15, 0.2) is 14.1 Å². The normalized spacial score (nSPS) is 35.8. The molecule has 0 bridgehead atoms. The molecule has 0 unspecified atom stereocenters. The van der Waals surface area contributed by atoms with Crippen molar-refractivity contribution >= 4 is 14.6 Å². The van der Waals surface area contributed by atoms with Crippen LogP contribution in [0.4, 0.5) is 0 Å². The molecule has 1 saturated heterocycles. The summed E-state index contributed by atoms with van der Waals surface area (Å²) in [6.45, 7) is 16.0. The summed E-state index contributed by atoms with van der Waals surface area (Å²) in [4.78, 5) is 12.4. The van der Waals surface area contributed by atoms with E-state index in [9.17, 15) is 9.90 Å². The summed E-state index contributed by atoms with van der Waals surface area (Å²) in [5, 5.41) is 10.9. The Balaban J connectivity index is 2.00. The molecule has 4 atom stereocenters. The number of carbonyl (C=O) groups is 1. The smallest absolute Gasteiger partial charge is 0.192 e. The second-order valence-corrected chi connectivity index (χ2v) is 15.8. The van der Waals surface area contributed by atoms with Crippen LogP contribution >= 0.6 is 0 Å². The van der Waals surface area contributed by atoms with Crippen LogP contribution in [0.1, 0.15) is 53.9 Å². The number of ether oxygens (including phenoxy) is 2. The number of rotatable bonds is 4. The van der Waals surface area contributed by atoms with Crippen LogP contribution < -0.4 is 0 Å². The second-order valence-electron chi connectivity index (χ2n) is 11.1. The molecule has 1 aliphatic heterocycles. The maximum Gasteiger partial charge on any atom is 0.192 e. The molecule has 0 aromatic rings. The van der Waals surface area contributed by atoms with Crippen LogP contribution in [0.25, 0.3) is 0 Å². The van der Waals surface area contributed by atoms with Crippen molar-refractivity contribution < 1.29 is 23.8 Å². The maximum absolute atomic E-state index is 12.4. The van der Waals surface area contributed by atoms with Crippen LogP contribution in [-0.2, 0) is 18.7 Å². The first kappa shape index (κ1) is 22.2. The van der Waals surface area contributed by atoms with Crippen LogP contribution in [0.5, 0.6) is 0 Å². The first-order chi connectivity index (χ1) is 12.7. The number of hydrogen-bond acceptors (Lipinski definition) is 5. The van der Waals surface area contributed by atoms with E-state index in [2.05, 4.69) is 33.9 Å². The third kappa shape index (κ3) is 3.91. The Labute approximate surface area is 170 Å². The number of aliphatic hydroxyl groups is 1. The number of fused-ring (bicyclic) bond motifs is 1. The van der Waals surface area contributed by atoms with E-state index in [4.69, 9.17) is 13.9 Å². The van der Waals surface area contributed by atoms with Gasteiger partial charge in [-0.1, -0.05) is 26.8 Å². The summed E-state index contributed by atoms with van der Waals surface area (Å²) in [6.07, 6.45) is 6.90. The highest BCUT2D eigenvalue weighted by molar-refractivity contribution is 6.74. The Morgan fingerprint density at radius 3 is 2.21 bits per heavy atom. The lowest BCUT2D eigenvalue weighted by Crippen LogP contribution is -2.58. The van der Waals surface area contributed by atoms with Crippen molar-refractivity contribution in [1.82, 2.24) is 0 Å². The average Bonchev–Trinajstić information content (AvgIpc) is 3.01. The van der Waals surface area contributed by atoms with Crippen molar-refractivity contribution in [1.29, 1.82) is 0 Å². The minimum absolute atomic E-state index is 0.00664. The summed E-state index contributed by atoms with van der Waals surface area (Å²) >= 11 is 0. The largest absolute Gasteiger partial charge is 0.414 e. The number of aldehydes is 1. The highest BCUT2D eigenvalue weighted by Crippen LogP contribution is 2.55. The van der Waals surface area contributed by atoms with E-state index >= 15 is 0 Å². The molecule has 1 saturated carbocycles. The monoisotopic (exact) mass is 410 g/mol. The Kier molecular flexibility index (Phi) is 5.55. The van der Waals surface area contributed by atoms with Crippen molar-refractivity contribution in [3.05, 3.63) is 12.2 Å². The van der Waals surface area contributed by atoms with Crippen LogP contribution in [-0.4, -0.2) is 50.4 Å². The van der Waals surface area contributed by atoms with Crippen molar-refractivity contribution in [2.24, 2.45) is 17.3 Å². The molecule has 6 heteroatoms. The molecule has 0 aromatic carbocycles. The van der Waals surface area contributed by atoms with Gasteiger partial charge in [0, 0.05) is 23.9 Å². The topological polar surface area (TPSA) is 65.0 Å². The molecular formula is C22H38O5Si. The van der Waals surface area contributed by atoms with Crippen molar-refractivity contribution in [3.63, 3.8) is 0 Å². The molecule has 1 heterocycles.